The van der Waals surface area contributed by atoms with Gasteiger partial charge in [0.1, 0.15) is 5.54 Å². The average molecular weight is 204 g/mol. The second-order valence-electron chi connectivity index (χ2n) is 3.68. The van der Waals surface area contributed by atoms with Gasteiger partial charge in [-0.1, -0.05) is 18.2 Å². The standard InChI is InChI=1S/C12H16N2O/c1-10(15-3)12(2,9-13)14-11-7-5-4-6-8-11/h4-8,10,14H,1-3H3. The highest BCUT2D eigenvalue weighted by Gasteiger charge is 2.31. The summed E-state index contributed by atoms with van der Waals surface area (Å²) < 4.78 is 5.19. The van der Waals surface area contributed by atoms with Crippen molar-refractivity contribution in [2.45, 2.75) is 25.5 Å². The number of hydrogen-bond acceptors (Lipinski definition) is 3. The van der Waals surface area contributed by atoms with Crippen LogP contribution >= 0.6 is 0 Å². The number of rotatable bonds is 4. The first-order valence-electron chi connectivity index (χ1n) is 4.89. The van der Waals surface area contributed by atoms with E-state index in [1.165, 1.54) is 0 Å². The van der Waals surface area contributed by atoms with E-state index in [0.29, 0.717) is 0 Å². The summed E-state index contributed by atoms with van der Waals surface area (Å²) >= 11 is 0. The first-order chi connectivity index (χ1) is 7.12. The van der Waals surface area contributed by atoms with Gasteiger partial charge in [-0.3, -0.25) is 0 Å². The van der Waals surface area contributed by atoms with Gasteiger partial charge in [0.25, 0.3) is 0 Å². The van der Waals surface area contributed by atoms with E-state index in [1.807, 2.05) is 44.2 Å². The predicted molar refractivity (Wildman–Crippen MR) is 60.6 cm³/mol. The zero-order chi connectivity index (χ0) is 11.3. The summed E-state index contributed by atoms with van der Waals surface area (Å²) in [5, 5.41) is 12.3. The molecule has 0 heterocycles. The summed E-state index contributed by atoms with van der Waals surface area (Å²) in [7, 11) is 1.60. The van der Waals surface area contributed by atoms with Crippen molar-refractivity contribution in [3.8, 4) is 6.07 Å². The molecule has 15 heavy (non-hydrogen) atoms. The summed E-state index contributed by atoms with van der Waals surface area (Å²) in [6.07, 6.45) is -0.178. The predicted octanol–water partition coefficient (Wildman–Crippen LogP) is 2.42. The molecule has 2 unspecified atom stereocenters. The van der Waals surface area contributed by atoms with Crippen LogP contribution in [0.1, 0.15) is 13.8 Å². The zero-order valence-electron chi connectivity index (χ0n) is 9.32. The molecule has 1 rings (SSSR count). The Morgan fingerprint density at radius 1 is 1.40 bits per heavy atom. The van der Waals surface area contributed by atoms with Crippen LogP contribution in [0, 0.1) is 11.3 Å². The van der Waals surface area contributed by atoms with Crippen LogP contribution in [0.5, 0.6) is 0 Å². The van der Waals surface area contributed by atoms with E-state index < -0.39 is 5.54 Å². The molecule has 3 nitrogen and oxygen atoms in total. The van der Waals surface area contributed by atoms with Crippen molar-refractivity contribution in [1.29, 1.82) is 5.26 Å². The molecule has 0 saturated carbocycles. The molecular formula is C12H16N2O. The molecule has 0 radical (unpaired) electrons. The van der Waals surface area contributed by atoms with Crippen LogP contribution in [0.25, 0.3) is 0 Å². The molecule has 0 aliphatic heterocycles. The first-order valence-corrected chi connectivity index (χ1v) is 4.89. The number of hydrogen-bond donors (Lipinski definition) is 1. The van der Waals surface area contributed by atoms with Crippen LogP contribution in [0.15, 0.2) is 30.3 Å². The van der Waals surface area contributed by atoms with Gasteiger partial charge in [-0.15, -0.1) is 0 Å². The van der Waals surface area contributed by atoms with Crippen LogP contribution in [0.4, 0.5) is 5.69 Å². The third-order valence-corrected chi connectivity index (χ3v) is 2.58. The average Bonchev–Trinajstić information content (AvgIpc) is 2.29. The van der Waals surface area contributed by atoms with Crippen molar-refractivity contribution >= 4 is 5.69 Å². The van der Waals surface area contributed by atoms with Crippen LogP contribution in [-0.4, -0.2) is 18.8 Å². The van der Waals surface area contributed by atoms with Gasteiger partial charge in [-0.25, -0.2) is 0 Å². The van der Waals surface area contributed by atoms with E-state index >= 15 is 0 Å². The van der Waals surface area contributed by atoms with Gasteiger partial charge in [0.05, 0.1) is 12.2 Å². The van der Waals surface area contributed by atoms with Gasteiger partial charge in [0, 0.05) is 12.8 Å². The second-order valence-corrected chi connectivity index (χ2v) is 3.68. The Balaban J connectivity index is 2.83. The Labute approximate surface area is 90.7 Å². The Kier molecular flexibility index (Phi) is 3.70. The van der Waals surface area contributed by atoms with Crippen molar-refractivity contribution < 1.29 is 4.74 Å². The molecule has 0 aromatic heterocycles. The Morgan fingerprint density at radius 3 is 2.47 bits per heavy atom. The summed E-state index contributed by atoms with van der Waals surface area (Å²) in [4.78, 5) is 0. The fourth-order valence-corrected chi connectivity index (χ4v) is 1.28. The summed E-state index contributed by atoms with van der Waals surface area (Å²) in [6, 6.07) is 11.9. The van der Waals surface area contributed by atoms with Crippen LogP contribution in [0.3, 0.4) is 0 Å². The highest BCUT2D eigenvalue weighted by atomic mass is 16.5. The molecule has 0 spiro atoms. The van der Waals surface area contributed by atoms with Crippen LogP contribution in [0.2, 0.25) is 0 Å². The lowest BCUT2D eigenvalue weighted by molar-refractivity contribution is 0.0853. The third kappa shape index (κ3) is 2.71. The van der Waals surface area contributed by atoms with Crippen LogP contribution < -0.4 is 5.32 Å². The molecule has 0 aliphatic rings. The van der Waals surface area contributed by atoms with Crippen molar-refractivity contribution in [2.75, 3.05) is 12.4 Å². The second kappa shape index (κ2) is 4.81. The molecule has 80 valence electrons. The lowest BCUT2D eigenvalue weighted by Gasteiger charge is -2.29. The highest BCUT2D eigenvalue weighted by molar-refractivity contribution is 5.47. The quantitative estimate of drug-likeness (QED) is 0.819. The summed E-state index contributed by atoms with van der Waals surface area (Å²) in [6.45, 7) is 3.70. The smallest absolute Gasteiger partial charge is 0.148 e. The van der Waals surface area contributed by atoms with Gasteiger partial charge in [0.15, 0.2) is 0 Å². The van der Waals surface area contributed by atoms with Crippen LogP contribution in [-0.2, 0) is 4.74 Å². The lowest BCUT2D eigenvalue weighted by atomic mass is 9.97. The molecule has 1 aromatic rings. The number of anilines is 1. The molecule has 0 aliphatic carbocycles. The van der Waals surface area contributed by atoms with E-state index in [4.69, 9.17) is 10.00 Å². The topological polar surface area (TPSA) is 45.0 Å². The molecule has 1 N–H and O–H groups in total. The number of nitrogens with one attached hydrogen (secondary N) is 1. The van der Waals surface area contributed by atoms with Crippen molar-refractivity contribution in [3.05, 3.63) is 30.3 Å². The number of methoxy groups -OCH3 is 1. The summed E-state index contributed by atoms with van der Waals surface area (Å²) in [5.41, 5.74) is 0.210. The first kappa shape index (κ1) is 11.5. The zero-order valence-corrected chi connectivity index (χ0v) is 9.32. The van der Waals surface area contributed by atoms with Crippen molar-refractivity contribution in [2.24, 2.45) is 0 Å². The monoisotopic (exact) mass is 204 g/mol. The molecule has 0 amide bonds. The van der Waals surface area contributed by atoms with Crippen molar-refractivity contribution in [3.63, 3.8) is 0 Å². The van der Waals surface area contributed by atoms with E-state index in [0.717, 1.165) is 5.69 Å². The normalized spacial score (nSPS) is 16.1. The van der Waals surface area contributed by atoms with E-state index in [2.05, 4.69) is 11.4 Å². The Morgan fingerprint density at radius 2 is 2.00 bits per heavy atom. The van der Waals surface area contributed by atoms with Gasteiger partial charge >= 0.3 is 0 Å². The molecule has 3 heteroatoms. The van der Waals surface area contributed by atoms with E-state index in [9.17, 15) is 0 Å². The molecular weight excluding hydrogens is 188 g/mol. The maximum Gasteiger partial charge on any atom is 0.148 e. The molecule has 0 bridgehead atoms. The largest absolute Gasteiger partial charge is 0.378 e. The number of ether oxygens (including phenoxy) is 1. The molecule has 0 saturated heterocycles. The number of nitrogens with zero attached hydrogens (tertiary/aromatic N) is 1. The number of para-hydroxylation sites is 1. The lowest BCUT2D eigenvalue weighted by Crippen LogP contribution is -2.44. The molecule has 1 aromatic carbocycles. The highest BCUT2D eigenvalue weighted by Crippen LogP contribution is 2.19. The van der Waals surface area contributed by atoms with Gasteiger partial charge in [0.2, 0.25) is 0 Å². The maximum absolute atomic E-state index is 9.16. The molecule has 0 fully saturated rings. The fourth-order valence-electron chi connectivity index (χ4n) is 1.28. The maximum atomic E-state index is 9.16. The molecule has 2 atom stereocenters. The third-order valence-electron chi connectivity index (χ3n) is 2.58. The van der Waals surface area contributed by atoms with Crippen molar-refractivity contribution in [1.82, 2.24) is 0 Å². The van der Waals surface area contributed by atoms with Gasteiger partial charge < -0.3 is 10.1 Å². The van der Waals surface area contributed by atoms with E-state index in [-0.39, 0.29) is 6.10 Å². The minimum absolute atomic E-state index is 0.178. The number of nitriles is 1. The van der Waals surface area contributed by atoms with Gasteiger partial charge in [-0.05, 0) is 26.0 Å². The minimum Gasteiger partial charge on any atom is -0.378 e. The fraction of sp³-hybridized carbons (Fsp3) is 0.417. The number of benzene rings is 1. The SMILES string of the molecule is COC(C)C(C)(C#N)Nc1ccccc1. The Bertz CT molecular complexity index is 344. The Hall–Kier alpha value is -1.53. The van der Waals surface area contributed by atoms with E-state index in [1.54, 1.807) is 7.11 Å². The minimum atomic E-state index is -0.712. The van der Waals surface area contributed by atoms with Gasteiger partial charge in [-0.2, -0.15) is 5.26 Å². The summed E-state index contributed by atoms with van der Waals surface area (Å²) in [5.74, 6) is 0.